The zero-order chi connectivity index (χ0) is 26.5. The van der Waals surface area contributed by atoms with Crippen molar-refractivity contribution in [3.63, 3.8) is 0 Å². The van der Waals surface area contributed by atoms with Gasteiger partial charge in [-0.15, -0.1) is 0 Å². The number of para-hydroxylation sites is 1. The Morgan fingerprint density at radius 1 is 0.838 bits per heavy atom. The summed E-state index contributed by atoms with van der Waals surface area (Å²) in [6.07, 6.45) is 2.75. The standard InChI is InChI=1S/C28H23BrO8/c1-32-21-11-9-16(13-22(21)33-2)10-12-24(30)37-28-25(31)18-7-5-6-8-20(18)36-26(28)17-14-19(29)27(35-4)23(15-17)34-3/h5-15H,1-4H3. The molecule has 190 valence electrons. The Hall–Kier alpha value is -4.24. The molecule has 1 aromatic heterocycles. The minimum atomic E-state index is -0.766. The van der Waals surface area contributed by atoms with Gasteiger partial charge < -0.3 is 28.1 Å². The highest BCUT2D eigenvalue weighted by molar-refractivity contribution is 9.10. The Kier molecular flexibility index (Phi) is 7.83. The van der Waals surface area contributed by atoms with Crippen molar-refractivity contribution in [1.82, 2.24) is 0 Å². The smallest absolute Gasteiger partial charge is 0.336 e. The van der Waals surface area contributed by atoms with Crippen LogP contribution in [-0.4, -0.2) is 34.4 Å². The third-order valence-electron chi connectivity index (χ3n) is 5.47. The second-order valence-electron chi connectivity index (χ2n) is 7.65. The molecule has 37 heavy (non-hydrogen) atoms. The second-order valence-corrected chi connectivity index (χ2v) is 8.50. The average molecular weight is 567 g/mol. The summed E-state index contributed by atoms with van der Waals surface area (Å²) >= 11 is 3.45. The third kappa shape index (κ3) is 5.31. The van der Waals surface area contributed by atoms with Crippen molar-refractivity contribution in [1.29, 1.82) is 0 Å². The van der Waals surface area contributed by atoms with Crippen LogP contribution in [0.3, 0.4) is 0 Å². The molecule has 0 fully saturated rings. The van der Waals surface area contributed by atoms with Gasteiger partial charge in [0.1, 0.15) is 5.58 Å². The van der Waals surface area contributed by atoms with Crippen LogP contribution in [0.5, 0.6) is 28.7 Å². The van der Waals surface area contributed by atoms with Gasteiger partial charge in [-0.25, -0.2) is 4.79 Å². The highest BCUT2D eigenvalue weighted by atomic mass is 79.9. The minimum Gasteiger partial charge on any atom is -0.493 e. The van der Waals surface area contributed by atoms with Gasteiger partial charge in [0, 0.05) is 11.6 Å². The van der Waals surface area contributed by atoms with Crippen LogP contribution in [0.15, 0.2) is 74.4 Å². The average Bonchev–Trinajstić information content (AvgIpc) is 2.92. The zero-order valence-corrected chi connectivity index (χ0v) is 22.1. The van der Waals surface area contributed by atoms with E-state index in [-0.39, 0.29) is 16.9 Å². The van der Waals surface area contributed by atoms with Crippen LogP contribution in [0.2, 0.25) is 0 Å². The molecule has 4 aromatic rings. The first-order chi connectivity index (χ1) is 17.9. The van der Waals surface area contributed by atoms with Crippen molar-refractivity contribution in [2.24, 2.45) is 0 Å². The summed E-state index contributed by atoms with van der Waals surface area (Å²) in [6.45, 7) is 0. The fourth-order valence-electron chi connectivity index (χ4n) is 3.71. The lowest BCUT2D eigenvalue weighted by Crippen LogP contribution is -2.14. The molecule has 0 aliphatic rings. The largest absolute Gasteiger partial charge is 0.493 e. The molecular formula is C28H23BrO8. The molecule has 0 N–H and O–H groups in total. The van der Waals surface area contributed by atoms with Crippen molar-refractivity contribution in [2.75, 3.05) is 28.4 Å². The molecule has 4 rings (SSSR count). The van der Waals surface area contributed by atoms with Gasteiger partial charge in [-0.1, -0.05) is 18.2 Å². The molecule has 0 aliphatic carbocycles. The van der Waals surface area contributed by atoms with Gasteiger partial charge in [-0.05, 0) is 64.0 Å². The lowest BCUT2D eigenvalue weighted by atomic mass is 10.1. The fourth-order valence-corrected chi connectivity index (χ4v) is 4.32. The van der Waals surface area contributed by atoms with Gasteiger partial charge in [-0.3, -0.25) is 4.79 Å². The van der Waals surface area contributed by atoms with Gasteiger partial charge >= 0.3 is 5.97 Å². The normalized spacial score (nSPS) is 10.9. The Labute approximate surface area is 221 Å². The van der Waals surface area contributed by atoms with E-state index in [0.717, 1.165) is 0 Å². The number of esters is 1. The van der Waals surface area contributed by atoms with Crippen LogP contribution >= 0.6 is 15.9 Å². The molecule has 0 aliphatic heterocycles. The molecule has 0 saturated carbocycles. The third-order valence-corrected chi connectivity index (χ3v) is 6.06. The number of carbonyl (C=O) groups excluding carboxylic acids is 1. The summed E-state index contributed by atoms with van der Waals surface area (Å²) in [6, 6.07) is 15.2. The maximum atomic E-state index is 13.4. The Bertz CT molecular complexity index is 1550. The lowest BCUT2D eigenvalue weighted by Gasteiger charge is -2.14. The maximum absolute atomic E-state index is 13.4. The number of hydrogen-bond donors (Lipinski definition) is 0. The first kappa shape index (κ1) is 25.8. The number of ether oxygens (including phenoxy) is 5. The fraction of sp³-hybridized carbons (Fsp3) is 0.143. The molecule has 0 radical (unpaired) electrons. The Morgan fingerprint density at radius 2 is 1.57 bits per heavy atom. The van der Waals surface area contributed by atoms with E-state index in [9.17, 15) is 9.59 Å². The number of benzene rings is 3. The summed E-state index contributed by atoms with van der Waals surface area (Å²) in [5, 5.41) is 0.275. The Morgan fingerprint density at radius 3 is 2.27 bits per heavy atom. The van der Waals surface area contributed by atoms with E-state index in [1.165, 1.54) is 34.5 Å². The van der Waals surface area contributed by atoms with Crippen molar-refractivity contribution >= 4 is 38.9 Å². The van der Waals surface area contributed by atoms with Crippen LogP contribution in [0, 0.1) is 0 Å². The molecule has 0 unspecified atom stereocenters. The van der Waals surface area contributed by atoms with Gasteiger partial charge in [0.15, 0.2) is 28.8 Å². The Balaban J connectivity index is 1.77. The quantitative estimate of drug-likeness (QED) is 0.193. The van der Waals surface area contributed by atoms with Crippen LogP contribution in [0.25, 0.3) is 28.4 Å². The summed E-state index contributed by atoms with van der Waals surface area (Å²) in [7, 11) is 6.06. The van der Waals surface area contributed by atoms with Crippen LogP contribution in [0.4, 0.5) is 0 Å². The molecule has 9 heteroatoms. The molecule has 0 amide bonds. The molecule has 0 atom stereocenters. The molecular weight excluding hydrogens is 544 g/mol. The SMILES string of the molecule is COc1ccc(C=CC(=O)Oc2c(-c3cc(Br)c(OC)c(OC)c3)oc3ccccc3c2=O)cc1OC. The summed E-state index contributed by atoms with van der Waals surface area (Å²) in [4.78, 5) is 26.2. The number of carbonyl (C=O) groups is 1. The minimum absolute atomic E-state index is 0.0678. The van der Waals surface area contributed by atoms with Crippen LogP contribution < -0.4 is 29.1 Å². The summed E-state index contributed by atoms with van der Waals surface area (Å²) in [5.41, 5.74) is 0.966. The van der Waals surface area contributed by atoms with E-state index < -0.39 is 11.4 Å². The van der Waals surface area contributed by atoms with E-state index in [1.807, 2.05) is 0 Å². The van der Waals surface area contributed by atoms with Gasteiger partial charge in [0.25, 0.3) is 0 Å². The van der Waals surface area contributed by atoms with Gasteiger partial charge in [-0.2, -0.15) is 0 Å². The maximum Gasteiger partial charge on any atom is 0.336 e. The molecule has 0 bridgehead atoms. The molecule has 0 spiro atoms. The summed E-state index contributed by atoms with van der Waals surface area (Å²) < 4.78 is 33.5. The van der Waals surface area contributed by atoms with Crippen LogP contribution in [-0.2, 0) is 4.79 Å². The topological polar surface area (TPSA) is 93.4 Å². The van der Waals surface area contributed by atoms with E-state index in [1.54, 1.807) is 60.7 Å². The predicted octanol–water partition coefficient (Wildman–Crippen LogP) is 5.88. The predicted molar refractivity (Wildman–Crippen MR) is 143 cm³/mol. The van der Waals surface area contributed by atoms with Crippen molar-refractivity contribution in [3.05, 3.63) is 80.9 Å². The summed E-state index contributed by atoms with van der Waals surface area (Å²) in [5.74, 6) is 0.978. The van der Waals surface area contributed by atoms with E-state index in [2.05, 4.69) is 15.9 Å². The van der Waals surface area contributed by atoms with E-state index >= 15 is 0 Å². The molecule has 1 heterocycles. The number of methoxy groups -OCH3 is 4. The first-order valence-electron chi connectivity index (χ1n) is 11.0. The monoisotopic (exact) mass is 566 g/mol. The number of hydrogen-bond acceptors (Lipinski definition) is 8. The second kappa shape index (κ2) is 11.2. The zero-order valence-electron chi connectivity index (χ0n) is 20.5. The number of halogens is 1. The molecule has 0 saturated heterocycles. The first-order valence-corrected chi connectivity index (χ1v) is 11.8. The van der Waals surface area contributed by atoms with Crippen LogP contribution in [0.1, 0.15) is 5.56 Å². The number of rotatable bonds is 8. The van der Waals surface area contributed by atoms with Gasteiger partial charge in [0.05, 0.1) is 38.3 Å². The van der Waals surface area contributed by atoms with Crippen molar-refractivity contribution in [2.45, 2.75) is 0 Å². The highest BCUT2D eigenvalue weighted by Gasteiger charge is 2.22. The molecule has 8 nitrogen and oxygen atoms in total. The van der Waals surface area contributed by atoms with E-state index in [0.29, 0.717) is 44.2 Å². The van der Waals surface area contributed by atoms with E-state index in [4.69, 9.17) is 28.1 Å². The van der Waals surface area contributed by atoms with Crippen molar-refractivity contribution < 1.29 is 32.9 Å². The van der Waals surface area contributed by atoms with Crippen molar-refractivity contribution in [3.8, 4) is 40.1 Å². The van der Waals surface area contributed by atoms with Gasteiger partial charge in [0.2, 0.25) is 11.2 Å². The number of fused-ring (bicyclic) bond motifs is 1. The highest BCUT2D eigenvalue weighted by Crippen LogP contribution is 2.41. The molecule has 3 aromatic carbocycles. The lowest BCUT2D eigenvalue weighted by molar-refractivity contribution is -0.129.